The lowest BCUT2D eigenvalue weighted by atomic mass is 9.98. The summed E-state index contributed by atoms with van der Waals surface area (Å²) in [6.07, 6.45) is -0.661. The largest absolute Gasteiger partial charge is 0.480 e. The molecule has 2 rings (SSSR count). The third kappa shape index (κ3) is 3.16. The van der Waals surface area contributed by atoms with Crippen LogP contribution in [0.5, 0.6) is 0 Å². The molecular weight excluding hydrogens is 306 g/mol. The van der Waals surface area contributed by atoms with E-state index in [1.807, 2.05) is 20.8 Å². The second-order valence-electron chi connectivity index (χ2n) is 5.79. The molecule has 1 saturated heterocycles. The summed E-state index contributed by atoms with van der Waals surface area (Å²) in [5, 5.41) is 9.50. The zero-order valence-corrected chi connectivity index (χ0v) is 13.7. The molecular formula is C15H21NO5S. The predicted molar refractivity (Wildman–Crippen MR) is 81.1 cm³/mol. The van der Waals surface area contributed by atoms with Crippen molar-refractivity contribution in [1.82, 2.24) is 4.31 Å². The molecule has 0 saturated carbocycles. The average molecular weight is 327 g/mol. The highest BCUT2D eigenvalue weighted by molar-refractivity contribution is 7.89. The minimum absolute atomic E-state index is 0.0381. The average Bonchev–Trinajstić information content (AvgIpc) is 2.46. The van der Waals surface area contributed by atoms with Gasteiger partial charge in [-0.3, -0.25) is 4.79 Å². The van der Waals surface area contributed by atoms with E-state index in [2.05, 4.69) is 0 Å². The van der Waals surface area contributed by atoms with Crippen molar-refractivity contribution in [3.05, 3.63) is 29.8 Å². The summed E-state index contributed by atoms with van der Waals surface area (Å²) >= 11 is 0. The number of carboxylic acid groups (broad SMARTS) is 1. The van der Waals surface area contributed by atoms with Crippen LogP contribution in [0.3, 0.4) is 0 Å². The fourth-order valence-electron chi connectivity index (χ4n) is 2.61. The van der Waals surface area contributed by atoms with Crippen LogP contribution in [0.15, 0.2) is 29.2 Å². The van der Waals surface area contributed by atoms with Gasteiger partial charge in [0.25, 0.3) is 0 Å². The van der Waals surface area contributed by atoms with Crippen molar-refractivity contribution >= 4 is 16.0 Å². The Morgan fingerprint density at radius 3 is 2.41 bits per heavy atom. The summed E-state index contributed by atoms with van der Waals surface area (Å²) < 4.78 is 32.1. The maximum Gasteiger partial charge on any atom is 0.324 e. The van der Waals surface area contributed by atoms with Crippen LogP contribution in [0.1, 0.15) is 19.4 Å². The maximum atomic E-state index is 12.8. The number of sulfonamides is 1. The Kier molecular flexibility index (Phi) is 4.89. The zero-order valence-electron chi connectivity index (χ0n) is 12.9. The maximum absolute atomic E-state index is 12.8. The second kappa shape index (κ2) is 6.36. The van der Waals surface area contributed by atoms with E-state index in [1.165, 1.54) is 12.1 Å². The van der Waals surface area contributed by atoms with Crippen LogP contribution in [-0.4, -0.2) is 49.1 Å². The van der Waals surface area contributed by atoms with E-state index in [0.717, 1.165) is 9.87 Å². The molecule has 22 heavy (non-hydrogen) atoms. The number of morpholine rings is 1. The first-order valence-corrected chi connectivity index (χ1v) is 8.62. The highest BCUT2D eigenvalue weighted by atomic mass is 32.2. The quantitative estimate of drug-likeness (QED) is 0.906. The lowest BCUT2D eigenvalue weighted by Crippen LogP contribution is -2.58. The van der Waals surface area contributed by atoms with Crippen LogP contribution in [0, 0.1) is 12.8 Å². The molecule has 1 aromatic rings. The SMILES string of the molecule is Cc1ccc(S(=O)(=O)N2CCO[C@H](C(C)C)[C@H]2C(=O)O)cc1. The van der Waals surface area contributed by atoms with E-state index in [4.69, 9.17) is 4.74 Å². The fourth-order valence-corrected chi connectivity index (χ4v) is 4.18. The predicted octanol–water partition coefficient (Wildman–Crippen LogP) is 1.49. The molecule has 0 aromatic heterocycles. The highest BCUT2D eigenvalue weighted by Gasteiger charge is 2.45. The van der Waals surface area contributed by atoms with Gasteiger partial charge in [-0.05, 0) is 25.0 Å². The Bertz CT molecular complexity index is 638. The van der Waals surface area contributed by atoms with Crippen LogP contribution >= 0.6 is 0 Å². The van der Waals surface area contributed by atoms with Crippen LogP contribution in [0.2, 0.25) is 0 Å². The van der Waals surface area contributed by atoms with Crippen molar-refractivity contribution < 1.29 is 23.1 Å². The molecule has 1 fully saturated rings. The van der Waals surface area contributed by atoms with Crippen molar-refractivity contribution in [2.75, 3.05) is 13.2 Å². The number of rotatable bonds is 4. The molecule has 1 heterocycles. The van der Waals surface area contributed by atoms with Crippen molar-refractivity contribution in [2.45, 2.75) is 37.8 Å². The summed E-state index contributed by atoms with van der Waals surface area (Å²) in [6, 6.07) is 5.19. The molecule has 0 radical (unpaired) electrons. The Labute approximate surface area is 130 Å². The molecule has 0 bridgehead atoms. The summed E-state index contributed by atoms with van der Waals surface area (Å²) in [5.74, 6) is -1.29. The Balaban J connectivity index is 2.43. The van der Waals surface area contributed by atoms with Crippen LogP contribution < -0.4 is 0 Å². The minimum Gasteiger partial charge on any atom is -0.480 e. The molecule has 1 aromatic carbocycles. The fraction of sp³-hybridized carbons (Fsp3) is 0.533. The molecule has 7 heteroatoms. The van der Waals surface area contributed by atoms with E-state index < -0.39 is 28.1 Å². The lowest BCUT2D eigenvalue weighted by molar-refractivity contribution is -0.154. The molecule has 0 spiro atoms. The number of hydrogen-bond donors (Lipinski definition) is 1. The van der Waals surface area contributed by atoms with Gasteiger partial charge in [0.1, 0.15) is 6.04 Å². The number of hydrogen-bond acceptors (Lipinski definition) is 4. The van der Waals surface area contributed by atoms with Crippen LogP contribution in [0.25, 0.3) is 0 Å². The molecule has 122 valence electrons. The number of carbonyl (C=O) groups is 1. The lowest BCUT2D eigenvalue weighted by Gasteiger charge is -2.39. The summed E-state index contributed by atoms with van der Waals surface area (Å²) in [7, 11) is -3.87. The molecule has 1 aliphatic heterocycles. The van der Waals surface area contributed by atoms with Gasteiger partial charge in [-0.15, -0.1) is 0 Å². The molecule has 1 aliphatic rings. The number of ether oxygens (including phenoxy) is 1. The van der Waals surface area contributed by atoms with E-state index in [1.54, 1.807) is 12.1 Å². The Morgan fingerprint density at radius 1 is 1.32 bits per heavy atom. The van der Waals surface area contributed by atoms with Gasteiger partial charge >= 0.3 is 5.97 Å². The number of aliphatic carboxylic acids is 1. The van der Waals surface area contributed by atoms with Gasteiger partial charge in [0.15, 0.2) is 0 Å². The molecule has 0 unspecified atom stereocenters. The van der Waals surface area contributed by atoms with E-state index >= 15 is 0 Å². The van der Waals surface area contributed by atoms with Gasteiger partial charge in [-0.25, -0.2) is 8.42 Å². The third-order valence-electron chi connectivity index (χ3n) is 3.78. The number of aryl methyl sites for hydroxylation is 1. The van der Waals surface area contributed by atoms with Crippen LogP contribution in [0.4, 0.5) is 0 Å². The van der Waals surface area contributed by atoms with Gasteiger partial charge in [0, 0.05) is 6.54 Å². The van der Waals surface area contributed by atoms with Gasteiger partial charge in [-0.1, -0.05) is 31.5 Å². The Hall–Kier alpha value is -1.44. The third-order valence-corrected chi connectivity index (χ3v) is 5.68. The van der Waals surface area contributed by atoms with Crippen molar-refractivity contribution in [3.8, 4) is 0 Å². The van der Waals surface area contributed by atoms with Crippen molar-refractivity contribution in [3.63, 3.8) is 0 Å². The smallest absolute Gasteiger partial charge is 0.324 e. The van der Waals surface area contributed by atoms with Gasteiger partial charge in [-0.2, -0.15) is 4.31 Å². The molecule has 6 nitrogen and oxygen atoms in total. The van der Waals surface area contributed by atoms with Crippen LogP contribution in [-0.2, 0) is 19.6 Å². The summed E-state index contributed by atoms with van der Waals surface area (Å²) in [6.45, 7) is 5.74. The molecule has 0 amide bonds. The standard InChI is InChI=1S/C15H21NO5S/c1-10(2)14-13(15(17)18)16(8-9-21-14)22(19,20)12-6-4-11(3)5-7-12/h4-7,10,13-14H,8-9H2,1-3H3,(H,17,18)/t13-,14+/m0/s1. The van der Waals surface area contributed by atoms with E-state index in [9.17, 15) is 18.3 Å². The van der Waals surface area contributed by atoms with Crippen molar-refractivity contribution in [1.29, 1.82) is 0 Å². The van der Waals surface area contributed by atoms with Gasteiger partial charge in [0.05, 0.1) is 17.6 Å². The van der Waals surface area contributed by atoms with E-state index in [0.29, 0.717) is 0 Å². The molecule has 2 atom stereocenters. The van der Waals surface area contributed by atoms with E-state index in [-0.39, 0.29) is 24.0 Å². The number of nitrogens with zero attached hydrogens (tertiary/aromatic N) is 1. The summed E-state index contributed by atoms with van der Waals surface area (Å²) in [5.41, 5.74) is 0.941. The first-order valence-electron chi connectivity index (χ1n) is 7.18. The molecule has 1 N–H and O–H groups in total. The summed E-state index contributed by atoms with van der Waals surface area (Å²) in [4.78, 5) is 11.7. The van der Waals surface area contributed by atoms with Gasteiger partial charge in [0.2, 0.25) is 10.0 Å². The minimum atomic E-state index is -3.87. The number of benzene rings is 1. The number of carboxylic acids is 1. The van der Waals surface area contributed by atoms with Gasteiger partial charge < -0.3 is 9.84 Å². The monoisotopic (exact) mass is 327 g/mol. The molecule has 0 aliphatic carbocycles. The first kappa shape index (κ1) is 16.9. The first-order chi connectivity index (χ1) is 10.2. The second-order valence-corrected chi connectivity index (χ2v) is 7.68. The normalized spacial score (nSPS) is 23.6. The zero-order chi connectivity index (χ0) is 16.5. The topological polar surface area (TPSA) is 83.9 Å². The Morgan fingerprint density at radius 2 is 1.91 bits per heavy atom. The highest BCUT2D eigenvalue weighted by Crippen LogP contribution is 2.27. The van der Waals surface area contributed by atoms with Crippen molar-refractivity contribution in [2.24, 2.45) is 5.92 Å².